The number of carbonyl (C=O) groups is 2. The van der Waals surface area contributed by atoms with Crippen molar-refractivity contribution < 1.29 is 19.1 Å². The van der Waals surface area contributed by atoms with Crippen molar-refractivity contribution in [3.8, 4) is 0 Å². The fraction of sp³-hybridized carbons (Fsp3) is 0.643. The van der Waals surface area contributed by atoms with E-state index in [1.807, 2.05) is 0 Å². The zero-order chi connectivity index (χ0) is 16.2. The van der Waals surface area contributed by atoms with E-state index in [0.717, 1.165) is 25.7 Å². The summed E-state index contributed by atoms with van der Waals surface area (Å²) in [5, 5.41) is 13.1. The SMILES string of the molecule is C=C(CC(=O)OCCCCCC)C(=O)OCCc1nn[nH]n1. The zero-order valence-electron chi connectivity index (χ0n) is 12.8. The molecule has 1 aromatic heterocycles. The molecule has 0 unspecified atom stereocenters. The fourth-order valence-electron chi connectivity index (χ4n) is 1.64. The zero-order valence-corrected chi connectivity index (χ0v) is 12.8. The van der Waals surface area contributed by atoms with Crippen molar-refractivity contribution in [3.63, 3.8) is 0 Å². The number of ether oxygens (including phenoxy) is 2. The highest BCUT2D eigenvalue weighted by molar-refractivity contribution is 5.93. The molecule has 1 N–H and O–H groups in total. The molecule has 1 heterocycles. The van der Waals surface area contributed by atoms with Gasteiger partial charge >= 0.3 is 11.9 Å². The molecule has 8 nitrogen and oxygen atoms in total. The highest BCUT2D eigenvalue weighted by Crippen LogP contribution is 2.05. The molecule has 0 amide bonds. The van der Waals surface area contributed by atoms with Crippen molar-refractivity contribution in [2.45, 2.75) is 45.4 Å². The fourth-order valence-corrected chi connectivity index (χ4v) is 1.64. The number of H-pyrrole nitrogens is 1. The van der Waals surface area contributed by atoms with E-state index in [2.05, 4.69) is 34.1 Å². The number of hydrogen-bond acceptors (Lipinski definition) is 7. The molecule has 0 aliphatic heterocycles. The van der Waals surface area contributed by atoms with Crippen LogP contribution in [0.25, 0.3) is 0 Å². The van der Waals surface area contributed by atoms with E-state index in [4.69, 9.17) is 9.47 Å². The van der Waals surface area contributed by atoms with E-state index >= 15 is 0 Å². The summed E-state index contributed by atoms with van der Waals surface area (Å²) in [5.74, 6) is -0.632. The first-order chi connectivity index (χ1) is 10.6. The van der Waals surface area contributed by atoms with Gasteiger partial charge in [0.2, 0.25) is 0 Å². The number of nitrogens with one attached hydrogen (secondary N) is 1. The molecule has 0 aliphatic carbocycles. The molecule has 0 spiro atoms. The number of tetrazole rings is 1. The summed E-state index contributed by atoms with van der Waals surface area (Å²) in [6.07, 6.45) is 4.30. The Bertz CT molecular complexity index is 473. The summed E-state index contributed by atoms with van der Waals surface area (Å²) in [6.45, 7) is 6.13. The molecule has 22 heavy (non-hydrogen) atoms. The van der Waals surface area contributed by atoms with Gasteiger partial charge in [-0.3, -0.25) is 4.79 Å². The van der Waals surface area contributed by atoms with Crippen molar-refractivity contribution >= 4 is 11.9 Å². The number of nitrogens with zero attached hydrogens (tertiary/aromatic N) is 3. The van der Waals surface area contributed by atoms with Crippen molar-refractivity contribution in [3.05, 3.63) is 18.0 Å². The number of hydrogen-bond donors (Lipinski definition) is 1. The Labute approximate surface area is 129 Å². The van der Waals surface area contributed by atoms with Gasteiger partial charge in [0.1, 0.15) is 0 Å². The minimum absolute atomic E-state index is 0.0756. The van der Waals surface area contributed by atoms with Crippen LogP contribution in [0.5, 0.6) is 0 Å². The molecule has 122 valence electrons. The smallest absolute Gasteiger partial charge is 0.334 e. The number of unbranched alkanes of at least 4 members (excludes halogenated alkanes) is 3. The molecule has 0 saturated carbocycles. The van der Waals surface area contributed by atoms with Gasteiger partial charge in [-0.05, 0) is 6.42 Å². The maximum Gasteiger partial charge on any atom is 0.334 e. The van der Waals surface area contributed by atoms with Gasteiger partial charge in [0.15, 0.2) is 5.82 Å². The maximum atomic E-state index is 11.6. The number of rotatable bonds is 11. The predicted molar refractivity (Wildman–Crippen MR) is 77.7 cm³/mol. The second-order valence-electron chi connectivity index (χ2n) is 4.78. The van der Waals surface area contributed by atoms with E-state index in [1.165, 1.54) is 0 Å². The van der Waals surface area contributed by atoms with Crippen molar-refractivity contribution in [2.75, 3.05) is 13.2 Å². The van der Waals surface area contributed by atoms with E-state index in [1.54, 1.807) is 0 Å². The summed E-state index contributed by atoms with van der Waals surface area (Å²) in [7, 11) is 0. The summed E-state index contributed by atoms with van der Waals surface area (Å²) < 4.78 is 10.0. The lowest BCUT2D eigenvalue weighted by molar-refractivity contribution is -0.146. The molecule has 0 aromatic carbocycles. The maximum absolute atomic E-state index is 11.6. The van der Waals surface area contributed by atoms with Crippen LogP contribution in [0.2, 0.25) is 0 Å². The third-order valence-electron chi connectivity index (χ3n) is 2.86. The van der Waals surface area contributed by atoms with E-state index in [9.17, 15) is 9.59 Å². The summed E-state index contributed by atoms with van der Waals surface area (Å²) in [6, 6.07) is 0. The van der Waals surface area contributed by atoms with Crippen LogP contribution in [0.4, 0.5) is 0 Å². The lowest BCUT2D eigenvalue weighted by Crippen LogP contribution is -2.15. The lowest BCUT2D eigenvalue weighted by atomic mass is 10.2. The highest BCUT2D eigenvalue weighted by atomic mass is 16.5. The van der Waals surface area contributed by atoms with Crippen LogP contribution in [0.15, 0.2) is 12.2 Å². The monoisotopic (exact) mass is 310 g/mol. The minimum atomic E-state index is -0.619. The van der Waals surface area contributed by atoms with Crippen LogP contribution in [-0.2, 0) is 25.5 Å². The molecular formula is C14H22N4O4. The molecule has 0 atom stereocenters. The Kier molecular flexibility index (Phi) is 8.47. The average Bonchev–Trinajstić information content (AvgIpc) is 3.00. The Morgan fingerprint density at radius 2 is 2.00 bits per heavy atom. The molecule has 1 aromatic rings. The number of aromatic nitrogens is 4. The Morgan fingerprint density at radius 1 is 1.18 bits per heavy atom. The molecule has 0 fully saturated rings. The van der Waals surface area contributed by atoms with Crippen molar-refractivity contribution in [1.29, 1.82) is 0 Å². The van der Waals surface area contributed by atoms with E-state index in [-0.39, 0.29) is 18.6 Å². The second-order valence-corrected chi connectivity index (χ2v) is 4.78. The van der Waals surface area contributed by atoms with Crippen molar-refractivity contribution in [2.24, 2.45) is 0 Å². The quantitative estimate of drug-likeness (QED) is 0.373. The van der Waals surface area contributed by atoms with Crippen LogP contribution in [0.1, 0.15) is 44.9 Å². The average molecular weight is 310 g/mol. The van der Waals surface area contributed by atoms with Crippen LogP contribution < -0.4 is 0 Å². The molecule has 0 radical (unpaired) electrons. The third kappa shape index (κ3) is 7.51. The van der Waals surface area contributed by atoms with Gasteiger partial charge in [0.05, 0.1) is 19.6 Å². The molecule has 1 rings (SSSR count). The van der Waals surface area contributed by atoms with Crippen LogP contribution >= 0.6 is 0 Å². The Balaban J connectivity index is 2.12. The Hall–Kier alpha value is -2.25. The second kappa shape index (κ2) is 10.5. The van der Waals surface area contributed by atoms with Gasteiger partial charge in [-0.2, -0.15) is 5.21 Å². The predicted octanol–water partition coefficient (Wildman–Crippen LogP) is 1.36. The molecular weight excluding hydrogens is 288 g/mol. The minimum Gasteiger partial charge on any atom is -0.465 e. The summed E-state index contributed by atoms with van der Waals surface area (Å²) in [5.41, 5.74) is 0.0756. The number of carbonyl (C=O) groups excluding carboxylic acids is 2. The first-order valence-electron chi connectivity index (χ1n) is 7.36. The molecule has 0 saturated heterocycles. The normalized spacial score (nSPS) is 10.2. The molecule has 0 aliphatic rings. The van der Waals surface area contributed by atoms with Gasteiger partial charge < -0.3 is 9.47 Å². The third-order valence-corrected chi connectivity index (χ3v) is 2.86. The van der Waals surface area contributed by atoms with E-state index in [0.29, 0.717) is 18.9 Å². The Morgan fingerprint density at radius 3 is 2.68 bits per heavy atom. The van der Waals surface area contributed by atoms with Gasteiger partial charge in [0.25, 0.3) is 0 Å². The van der Waals surface area contributed by atoms with Crippen LogP contribution in [0.3, 0.4) is 0 Å². The highest BCUT2D eigenvalue weighted by Gasteiger charge is 2.14. The van der Waals surface area contributed by atoms with Gasteiger partial charge in [-0.15, -0.1) is 10.2 Å². The summed E-state index contributed by atoms with van der Waals surface area (Å²) >= 11 is 0. The van der Waals surface area contributed by atoms with Gasteiger partial charge in [-0.25, -0.2) is 4.79 Å². The van der Waals surface area contributed by atoms with Gasteiger partial charge in [0, 0.05) is 12.0 Å². The number of esters is 2. The van der Waals surface area contributed by atoms with Crippen LogP contribution in [-0.4, -0.2) is 45.8 Å². The lowest BCUT2D eigenvalue weighted by Gasteiger charge is -2.07. The largest absolute Gasteiger partial charge is 0.465 e. The van der Waals surface area contributed by atoms with E-state index < -0.39 is 11.9 Å². The van der Waals surface area contributed by atoms with Gasteiger partial charge in [-0.1, -0.05) is 38.0 Å². The number of aromatic amines is 1. The standard InChI is InChI=1S/C14H22N4O4/c1-3-4-5-6-8-21-13(19)10-11(2)14(20)22-9-7-12-15-17-18-16-12/h2-10H2,1H3,(H,15,16,17,18). The van der Waals surface area contributed by atoms with Crippen LogP contribution in [0, 0.1) is 0 Å². The first-order valence-corrected chi connectivity index (χ1v) is 7.36. The topological polar surface area (TPSA) is 107 Å². The molecule has 0 bridgehead atoms. The molecule has 8 heteroatoms. The van der Waals surface area contributed by atoms with Crippen molar-refractivity contribution in [1.82, 2.24) is 20.6 Å². The first kappa shape index (κ1) is 17.8. The summed E-state index contributed by atoms with van der Waals surface area (Å²) in [4.78, 5) is 23.2.